The van der Waals surface area contributed by atoms with E-state index in [-0.39, 0.29) is 11.8 Å². The Hall–Kier alpha value is -3.12. The van der Waals surface area contributed by atoms with Crippen molar-refractivity contribution < 1.29 is 9.59 Å². The van der Waals surface area contributed by atoms with Crippen LogP contribution in [0, 0.1) is 0 Å². The molecule has 0 N–H and O–H groups in total. The Labute approximate surface area is 208 Å². The summed E-state index contributed by atoms with van der Waals surface area (Å²) in [7, 11) is 4.20. The van der Waals surface area contributed by atoms with Crippen LogP contribution in [0.3, 0.4) is 0 Å². The number of para-hydroxylation sites is 2. The van der Waals surface area contributed by atoms with E-state index in [4.69, 9.17) is 0 Å². The number of amides is 2. The molecule has 1 aromatic heterocycles. The lowest BCUT2D eigenvalue weighted by Gasteiger charge is -2.41. The molecule has 2 aromatic carbocycles. The molecule has 2 unspecified atom stereocenters. The maximum Gasteiger partial charge on any atom is 0.256 e. The minimum Gasteiger partial charge on any atom is -0.350 e. The lowest BCUT2D eigenvalue weighted by Crippen LogP contribution is -2.50. The molecule has 35 heavy (non-hydrogen) atoms. The fraction of sp³-hybridized carbons (Fsp3) is 0.448. The Balaban J connectivity index is 1.59. The molecule has 0 spiro atoms. The van der Waals surface area contributed by atoms with Gasteiger partial charge in [-0.1, -0.05) is 49.7 Å². The van der Waals surface area contributed by atoms with Gasteiger partial charge in [0.2, 0.25) is 5.91 Å². The van der Waals surface area contributed by atoms with Crippen LogP contribution in [0.5, 0.6) is 0 Å². The molecule has 6 heteroatoms. The van der Waals surface area contributed by atoms with Crippen LogP contribution in [-0.2, 0) is 18.4 Å². The number of benzene rings is 2. The molecule has 0 aliphatic carbocycles. The second-order valence-corrected chi connectivity index (χ2v) is 10.1. The van der Waals surface area contributed by atoms with Crippen LogP contribution < -0.4 is 4.90 Å². The molecule has 1 saturated heterocycles. The molecular formula is C29H36N4O2. The van der Waals surface area contributed by atoms with Crippen molar-refractivity contribution in [2.75, 3.05) is 25.0 Å². The summed E-state index contributed by atoms with van der Waals surface area (Å²) in [5.41, 5.74) is 3.77. The summed E-state index contributed by atoms with van der Waals surface area (Å²) in [6.07, 6.45) is 6.76. The zero-order chi connectivity index (χ0) is 24.5. The van der Waals surface area contributed by atoms with E-state index in [2.05, 4.69) is 24.1 Å². The van der Waals surface area contributed by atoms with Gasteiger partial charge in [0.05, 0.1) is 5.56 Å². The highest BCUT2D eigenvalue weighted by atomic mass is 16.2. The quantitative estimate of drug-likeness (QED) is 0.537. The van der Waals surface area contributed by atoms with E-state index in [9.17, 15) is 9.59 Å². The second-order valence-electron chi connectivity index (χ2n) is 10.1. The Morgan fingerprint density at radius 3 is 2.51 bits per heavy atom. The van der Waals surface area contributed by atoms with Gasteiger partial charge in [-0.05, 0) is 44.0 Å². The lowest BCUT2D eigenvalue weighted by atomic mass is 9.93. The van der Waals surface area contributed by atoms with Crippen molar-refractivity contribution in [3.05, 3.63) is 65.9 Å². The predicted molar refractivity (Wildman–Crippen MR) is 141 cm³/mol. The summed E-state index contributed by atoms with van der Waals surface area (Å²) >= 11 is 0. The third-order valence-corrected chi connectivity index (χ3v) is 8.01. The van der Waals surface area contributed by atoms with Gasteiger partial charge in [-0.3, -0.25) is 14.5 Å². The number of fused-ring (bicyclic) bond motifs is 4. The highest BCUT2D eigenvalue weighted by molar-refractivity contribution is 6.07. The number of carbonyl (C=O) groups is 2. The Morgan fingerprint density at radius 1 is 0.943 bits per heavy atom. The Bertz CT molecular complexity index is 1230. The largest absolute Gasteiger partial charge is 0.350 e. The minimum atomic E-state index is 0.0553. The van der Waals surface area contributed by atoms with Crippen LogP contribution in [0.2, 0.25) is 0 Å². The van der Waals surface area contributed by atoms with Crippen molar-refractivity contribution in [2.45, 2.75) is 57.7 Å². The number of hydrogen-bond acceptors (Lipinski definition) is 3. The number of anilines is 1. The van der Waals surface area contributed by atoms with Crippen molar-refractivity contribution >= 4 is 28.4 Å². The third-order valence-electron chi connectivity index (χ3n) is 8.01. The highest BCUT2D eigenvalue weighted by Crippen LogP contribution is 2.31. The number of likely N-dealkylation sites (N-methyl/N-ethyl adjacent to an activating group) is 1. The van der Waals surface area contributed by atoms with E-state index in [0.29, 0.717) is 38.1 Å². The molecule has 184 valence electrons. The second kappa shape index (κ2) is 9.86. The molecule has 1 fully saturated rings. The van der Waals surface area contributed by atoms with E-state index < -0.39 is 0 Å². The summed E-state index contributed by atoms with van der Waals surface area (Å²) < 4.78 is 2.03. The highest BCUT2D eigenvalue weighted by Gasteiger charge is 2.33. The first-order valence-electron chi connectivity index (χ1n) is 12.9. The van der Waals surface area contributed by atoms with Crippen molar-refractivity contribution in [1.82, 2.24) is 14.4 Å². The van der Waals surface area contributed by atoms with E-state index in [1.807, 2.05) is 70.9 Å². The molecule has 2 bridgehead atoms. The maximum absolute atomic E-state index is 14.1. The Morgan fingerprint density at radius 2 is 1.69 bits per heavy atom. The summed E-state index contributed by atoms with van der Waals surface area (Å²) in [4.78, 5) is 33.6. The average molecular weight is 473 g/mol. The molecule has 0 saturated carbocycles. The molecule has 6 nitrogen and oxygen atoms in total. The summed E-state index contributed by atoms with van der Waals surface area (Å²) in [5, 5.41) is 0.986. The number of aromatic nitrogens is 1. The van der Waals surface area contributed by atoms with Crippen molar-refractivity contribution in [3.8, 4) is 0 Å². The van der Waals surface area contributed by atoms with Gasteiger partial charge in [-0.15, -0.1) is 0 Å². The molecule has 3 aromatic rings. The van der Waals surface area contributed by atoms with Gasteiger partial charge >= 0.3 is 0 Å². The number of carbonyl (C=O) groups excluding carboxylic acids is 2. The number of aryl methyl sites for hydroxylation is 1. The summed E-state index contributed by atoms with van der Waals surface area (Å²) in [5.74, 6) is 0.193. The van der Waals surface area contributed by atoms with E-state index in [1.54, 1.807) is 0 Å². The number of hydrogen-bond donors (Lipinski definition) is 0. The topological polar surface area (TPSA) is 48.8 Å². The van der Waals surface area contributed by atoms with Gasteiger partial charge in [0.1, 0.15) is 0 Å². The van der Waals surface area contributed by atoms with Gasteiger partial charge in [-0.25, -0.2) is 0 Å². The summed E-state index contributed by atoms with van der Waals surface area (Å²) in [6.45, 7) is 3.81. The zero-order valence-electron chi connectivity index (χ0n) is 21.1. The Kier molecular flexibility index (Phi) is 6.65. The molecule has 3 heterocycles. The van der Waals surface area contributed by atoms with Gasteiger partial charge in [-0.2, -0.15) is 0 Å². The van der Waals surface area contributed by atoms with Crippen LogP contribution in [0.25, 0.3) is 10.9 Å². The van der Waals surface area contributed by atoms with Gasteiger partial charge < -0.3 is 14.4 Å². The van der Waals surface area contributed by atoms with E-state index in [0.717, 1.165) is 53.4 Å². The van der Waals surface area contributed by atoms with Gasteiger partial charge in [0.25, 0.3) is 5.91 Å². The first kappa shape index (κ1) is 23.6. The predicted octanol–water partition coefficient (Wildman–Crippen LogP) is 4.82. The molecule has 2 aliphatic heterocycles. The smallest absolute Gasteiger partial charge is 0.256 e. The van der Waals surface area contributed by atoms with Crippen molar-refractivity contribution in [1.29, 1.82) is 0 Å². The van der Waals surface area contributed by atoms with E-state index >= 15 is 0 Å². The first-order chi connectivity index (χ1) is 17.0. The third kappa shape index (κ3) is 4.47. The average Bonchev–Trinajstić information content (AvgIpc) is 3.21. The SMILES string of the molecule is CCC(=O)N1CCC2CCCC(CN(C(=O)c3cn(C)c4ccccc34)Cc3ccccc31)N2C. The maximum atomic E-state index is 14.1. The van der Waals surface area contributed by atoms with Crippen molar-refractivity contribution in [2.24, 2.45) is 7.05 Å². The van der Waals surface area contributed by atoms with Crippen LogP contribution in [0.15, 0.2) is 54.7 Å². The fourth-order valence-electron chi connectivity index (χ4n) is 5.98. The molecule has 2 amide bonds. The van der Waals surface area contributed by atoms with Crippen LogP contribution in [0.4, 0.5) is 5.69 Å². The number of rotatable bonds is 2. The minimum absolute atomic E-state index is 0.0553. The van der Waals surface area contributed by atoms with Gasteiger partial charge in [0.15, 0.2) is 0 Å². The molecule has 5 rings (SSSR count). The fourth-order valence-corrected chi connectivity index (χ4v) is 5.98. The molecular weight excluding hydrogens is 436 g/mol. The first-order valence-corrected chi connectivity index (χ1v) is 12.9. The normalized spacial score (nSPS) is 21.5. The van der Waals surface area contributed by atoms with Crippen LogP contribution in [-0.4, -0.2) is 58.4 Å². The zero-order valence-corrected chi connectivity index (χ0v) is 21.1. The molecule has 0 radical (unpaired) electrons. The number of nitrogens with zero attached hydrogens (tertiary/aromatic N) is 4. The lowest BCUT2D eigenvalue weighted by molar-refractivity contribution is -0.118. The van der Waals surface area contributed by atoms with E-state index in [1.165, 1.54) is 0 Å². The van der Waals surface area contributed by atoms with Crippen LogP contribution >= 0.6 is 0 Å². The van der Waals surface area contributed by atoms with Crippen LogP contribution in [0.1, 0.15) is 54.9 Å². The van der Waals surface area contributed by atoms with Gasteiger partial charge in [0, 0.05) is 68.0 Å². The molecule has 2 aliphatic rings. The van der Waals surface area contributed by atoms with Crippen molar-refractivity contribution in [3.63, 3.8) is 0 Å². The monoisotopic (exact) mass is 472 g/mol. The summed E-state index contributed by atoms with van der Waals surface area (Å²) in [6, 6.07) is 16.9. The standard InChI is InChI=1S/C29H36N4O2/c1-4-28(34)33-17-16-22-11-9-12-23(31(22)3)19-32(18-21-10-5-7-14-26(21)33)29(35)25-20-30(2)27-15-8-6-13-24(25)27/h5-8,10,13-15,20,22-23H,4,9,11-12,16-19H2,1-3H3. The molecule has 2 atom stereocenters. The number of piperidine rings is 1.